The largest absolute Gasteiger partial charge is 0.497 e. The Kier molecular flexibility index (Phi) is 6.42. The summed E-state index contributed by atoms with van der Waals surface area (Å²) in [6, 6.07) is 19.6. The van der Waals surface area contributed by atoms with Gasteiger partial charge in [-0.05, 0) is 47.8 Å². The third kappa shape index (κ3) is 4.16. The Morgan fingerprint density at radius 1 is 0.974 bits per heavy atom. The van der Waals surface area contributed by atoms with Gasteiger partial charge in [-0.3, -0.25) is 23.7 Å². The van der Waals surface area contributed by atoms with Crippen LogP contribution in [0.4, 0.5) is 11.4 Å². The van der Waals surface area contributed by atoms with E-state index in [4.69, 9.17) is 4.74 Å². The van der Waals surface area contributed by atoms with Crippen LogP contribution in [0.1, 0.15) is 15.7 Å². The lowest BCUT2D eigenvalue weighted by Gasteiger charge is -2.29. The monoisotopic (exact) mass is 563 g/mol. The number of thiazole rings is 1. The average molecular weight is 564 g/mol. The summed E-state index contributed by atoms with van der Waals surface area (Å²) in [4.78, 5) is 56.1. The number of nitrogens with one attached hydrogen (secondary N) is 1. The van der Waals surface area contributed by atoms with Crippen molar-refractivity contribution in [3.63, 3.8) is 0 Å². The van der Waals surface area contributed by atoms with Crippen molar-refractivity contribution in [1.29, 1.82) is 0 Å². The van der Waals surface area contributed by atoms with Crippen LogP contribution in [0.5, 0.6) is 5.75 Å². The molecule has 2 unspecified atom stereocenters. The number of fused-ring (bicyclic) bond motifs is 2. The topological polar surface area (TPSA) is 97.7 Å². The Morgan fingerprint density at radius 3 is 2.42 bits per heavy atom. The van der Waals surface area contributed by atoms with Crippen molar-refractivity contribution in [3.05, 3.63) is 91.5 Å². The first-order chi connectivity index (χ1) is 18.5. The minimum absolute atomic E-state index is 0.189. The summed E-state index contributed by atoms with van der Waals surface area (Å²) < 4.78 is 6.64. The van der Waals surface area contributed by atoms with E-state index in [1.807, 2.05) is 35.7 Å². The fraction of sp³-hybridized carbons (Fsp3) is 0.185. The number of imide groups is 1. The minimum Gasteiger partial charge on any atom is -0.497 e. The molecule has 11 heteroatoms. The van der Waals surface area contributed by atoms with Gasteiger partial charge >= 0.3 is 4.87 Å². The fourth-order valence-corrected chi connectivity index (χ4v) is 8.60. The molecule has 3 atom stereocenters. The van der Waals surface area contributed by atoms with Crippen LogP contribution in [0.25, 0.3) is 0 Å². The lowest BCUT2D eigenvalue weighted by atomic mass is 9.87. The smallest absolute Gasteiger partial charge is 0.308 e. The SMILES string of the molecule is COc1ccc(N2C(=O)C3Sc4c(sc(=O)n4CC(=O)Nc4ccccc4)[C@H](c4cccs4)C3C2=O)cc1. The first-order valence-corrected chi connectivity index (χ1v) is 14.3. The molecule has 2 aromatic heterocycles. The van der Waals surface area contributed by atoms with Gasteiger partial charge in [-0.2, -0.15) is 0 Å². The molecule has 0 spiro atoms. The van der Waals surface area contributed by atoms with Crippen LogP contribution in [-0.2, 0) is 20.9 Å². The Balaban J connectivity index is 1.38. The van der Waals surface area contributed by atoms with Gasteiger partial charge in [0.15, 0.2) is 0 Å². The zero-order valence-electron chi connectivity index (χ0n) is 20.0. The molecule has 1 saturated heterocycles. The van der Waals surface area contributed by atoms with Gasteiger partial charge in [0.05, 0.1) is 23.7 Å². The highest BCUT2D eigenvalue weighted by Gasteiger charge is 2.57. The van der Waals surface area contributed by atoms with Crippen LogP contribution in [0.15, 0.2) is 81.9 Å². The van der Waals surface area contributed by atoms with E-state index in [-0.39, 0.29) is 29.1 Å². The van der Waals surface area contributed by atoms with E-state index in [0.717, 1.165) is 16.2 Å². The third-order valence-corrected chi connectivity index (χ3v) is 10.1. The van der Waals surface area contributed by atoms with E-state index < -0.39 is 17.1 Å². The van der Waals surface area contributed by atoms with Crippen molar-refractivity contribution >= 4 is 63.5 Å². The maximum absolute atomic E-state index is 13.8. The normalized spacial score (nSPS) is 20.2. The van der Waals surface area contributed by atoms with Gasteiger partial charge in [-0.15, -0.1) is 11.3 Å². The van der Waals surface area contributed by atoms with E-state index in [1.165, 1.54) is 32.6 Å². The Labute approximate surface area is 229 Å². The number of benzene rings is 2. The van der Waals surface area contributed by atoms with Gasteiger partial charge in [0, 0.05) is 21.4 Å². The number of carbonyl (C=O) groups is 3. The quantitative estimate of drug-likeness (QED) is 0.349. The number of methoxy groups -OCH3 is 1. The molecule has 8 nitrogen and oxygen atoms in total. The maximum atomic E-state index is 13.8. The van der Waals surface area contributed by atoms with Crippen LogP contribution in [-0.4, -0.2) is 34.6 Å². The van der Waals surface area contributed by atoms with Crippen LogP contribution in [0.3, 0.4) is 0 Å². The predicted octanol–water partition coefficient (Wildman–Crippen LogP) is 4.41. The average Bonchev–Trinajstić information content (AvgIpc) is 3.62. The first-order valence-electron chi connectivity index (χ1n) is 11.8. The zero-order valence-corrected chi connectivity index (χ0v) is 22.5. The van der Waals surface area contributed by atoms with E-state index in [2.05, 4.69) is 5.32 Å². The molecule has 2 aliphatic heterocycles. The molecule has 0 saturated carbocycles. The highest BCUT2D eigenvalue weighted by molar-refractivity contribution is 8.00. The van der Waals surface area contributed by atoms with Crippen molar-refractivity contribution in [2.45, 2.75) is 22.7 Å². The molecular weight excluding hydrogens is 543 g/mol. The summed E-state index contributed by atoms with van der Waals surface area (Å²) in [7, 11) is 1.55. The zero-order chi connectivity index (χ0) is 26.4. The molecule has 0 radical (unpaired) electrons. The molecular formula is C27H21N3O5S3. The molecule has 6 rings (SSSR count). The number of thiophene rings is 1. The summed E-state index contributed by atoms with van der Waals surface area (Å²) in [5.41, 5.74) is 1.11. The van der Waals surface area contributed by atoms with Crippen LogP contribution < -0.4 is 19.8 Å². The number of ether oxygens (including phenoxy) is 1. The summed E-state index contributed by atoms with van der Waals surface area (Å²) in [6.45, 7) is -0.189. The summed E-state index contributed by atoms with van der Waals surface area (Å²) in [5, 5.41) is 4.58. The number of amides is 3. The number of rotatable bonds is 6. The number of carbonyl (C=O) groups excluding carboxylic acids is 3. The van der Waals surface area contributed by atoms with Crippen molar-refractivity contribution in [2.24, 2.45) is 5.92 Å². The molecule has 1 N–H and O–H groups in total. The van der Waals surface area contributed by atoms with Crippen molar-refractivity contribution < 1.29 is 19.1 Å². The number of thioether (sulfide) groups is 1. The van der Waals surface area contributed by atoms with Gasteiger partial charge in [-0.1, -0.05) is 47.4 Å². The number of aromatic nitrogens is 1. The third-order valence-electron chi connectivity index (χ3n) is 6.59. The molecule has 2 aliphatic rings. The number of para-hydroxylation sites is 1. The number of nitrogens with zero attached hydrogens (tertiary/aromatic N) is 2. The standard InChI is InChI=1S/C27H21N3O5S3/c1-35-17-11-9-16(10-12-17)30-24(32)21-20(18-8-5-13-36-18)23-26(37-22(21)25(30)33)29(27(34)38-23)14-19(31)28-15-6-3-2-4-7-15/h2-13,20-22H,14H2,1H3,(H,28,31)/t20-,21?,22?/m1/s1. The molecule has 2 aromatic carbocycles. The molecule has 4 aromatic rings. The second-order valence-corrected chi connectivity index (χ2v) is 11.9. The van der Waals surface area contributed by atoms with E-state index in [1.54, 1.807) is 43.5 Å². The second-order valence-electron chi connectivity index (χ2n) is 8.80. The van der Waals surface area contributed by atoms with E-state index >= 15 is 0 Å². The van der Waals surface area contributed by atoms with Gasteiger partial charge in [-0.25, -0.2) is 4.90 Å². The Morgan fingerprint density at radius 2 is 1.74 bits per heavy atom. The molecule has 1 fully saturated rings. The number of hydrogen-bond donors (Lipinski definition) is 1. The molecule has 0 bridgehead atoms. The molecule has 4 heterocycles. The Hall–Kier alpha value is -3.67. The Bertz CT molecular complexity index is 1580. The van der Waals surface area contributed by atoms with Gasteiger partial charge in [0.25, 0.3) is 0 Å². The highest BCUT2D eigenvalue weighted by atomic mass is 32.2. The molecule has 0 aliphatic carbocycles. The van der Waals surface area contributed by atoms with E-state index in [0.29, 0.717) is 27.0 Å². The van der Waals surface area contributed by atoms with Gasteiger partial charge in [0.2, 0.25) is 17.7 Å². The van der Waals surface area contributed by atoms with Crippen molar-refractivity contribution in [1.82, 2.24) is 4.57 Å². The van der Waals surface area contributed by atoms with Crippen molar-refractivity contribution in [3.8, 4) is 5.75 Å². The first kappa shape index (κ1) is 24.7. The lowest BCUT2D eigenvalue weighted by molar-refractivity contribution is -0.122. The number of hydrogen-bond acceptors (Lipinski definition) is 8. The maximum Gasteiger partial charge on any atom is 0.308 e. The lowest BCUT2D eigenvalue weighted by Crippen LogP contribution is -2.32. The summed E-state index contributed by atoms with van der Waals surface area (Å²) in [5.74, 6) is -1.46. The molecule has 3 amide bonds. The molecule has 192 valence electrons. The number of anilines is 2. The summed E-state index contributed by atoms with van der Waals surface area (Å²) >= 11 is 3.73. The molecule has 38 heavy (non-hydrogen) atoms. The van der Waals surface area contributed by atoms with Gasteiger partial charge in [0.1, 0.15) is 17.5 Å². The fourth-order valence-electron chi connectivity index (χ4n) is 4.88. The minimum atomic E-state index is -0.721. The van der Waals surface area contributed by atoms with Crippen molar-refractivity contribution in [2.75, 3.05) is 17.3 Å². The van der Waals surface area contributed by atoms with Crippen LogP contribution in [0.2, 0.25) is 0 Å². The van der Waals surface area contributed by atoms with Crippen LogP contribution in [0, 0.1) is 5.92 Å². The van der Waals surface area contributed by atoms with E-state index in [9.17, 15) is 19.2 Å². The second kappa shape index (κ2) is 9.90. The van der Waals surface area contributed by atoms with Crippen LogP contribution >= 0.6 is 34.4 Å². The highest BCUT2D eigenvalue weighted by Crippen LogP contribution is 2.54. The predicted molar refractivity (Wildman–Crippen MR) is 148 cm³/mol. The van der Waals surface area contributed by atoms with Gasteiger partial charge < -0.3 is 10.1 Å². The summed E-state index contributed by atoms with van der Waals surface area (Å²) in [6.07, 6.45) is 0.